The van der Waals surface area contributed by atoms with Crippen LogP contribution in [0.1, 0.15) is 49.2 Å². The largest absolute Gasteiger partial charge is 0.208 e. The molecule has 2 heterocycles. The Kier molecular flexibility index (Phi) is 9.17. The van der Waals surface area contributed by atoms with Crippen LogP contribution in [0.2, 0.25) is 0 Å². The van der Waals surface area contributed by atoms with Crippen LogP contribution in [0.5, 0.6) is 0 Å². The number of nitrogens with zero attached hydrogens (tertiary/aromatic N) is 3. The van der Waals surface area contributed by atoms with Crippen LogP contribution in [0.25, 0.3) is 98.6 Å². The fourth-order valence-electron chi connectivity index (χ4n) is 9.96. The lowest BCUT2D eigenvalue weighted by Gasteiger charge is -2.21. The molecule has 2 aliphatic rings. The Labute approximate surface area is 377 Å². The van der Waals surface area contributed by atoms with Crippen molar-refractivity contribution in [1.29, 1.82) is 0 Å². The van der Waals surface area contributed by atoms with Gasteiger partial charge in [0.1, 0.15) is 0 Å². The van der Waals surface area contributed by atoms with Gasteiger partial charge >= 0.3 is 0 Å². The summed E-state index contributed by atoms with van der Waals surface area (Å²) in [5, 5.41) is 2.54. The third-order valence-electron chi connectivity index (χ3n) is 13.3. The van der Waals surface area contributed by atoms with E-state index in [2.05, 4.69) is 208 Å². The molecule has 0 amide bonds. The van der Waals surface area contributed by atoms with Gasteiger partial charge < -0.3 is 0 Å². The standard InChI is InChI=1S/C60H43N3S/c1-60(2)52-25-12-11-22-47(52)50-36-44(31-33-53(50)60)42-19-13-20-45(35-42)58-61-57(41-17-7-4-8-18-41)62-59(63-58)49-23-10-9-21-46(49)48-24-14-26-55-56(48)51-37-43(32-34-54(51)64-55)40-29-27-39(28-30-40)38-15-5-3-6-16-38/h3-9,11-22,24-37H,10,23H2,1-2H3. The Morgan fingerprint density at radius 2 is 0.984 bits per heavy atom. The first-order chi connectivity index (χ1) is 31.5. The van der Waals surface area contributed by atoms with Gasteiger partial charge in [-0.25, -0.2) is 15.0 Å². The molecule has 12 rings (SSSR count). The predicted octanol–water partition coefficient (Wildman–Crippen LogP) is 16.1. The second-order valence-electron chi connectivity index (χ2n) is 17.5. The Morgan fingerprint density at radius 1 is 0.422 bits per heavy atom. The van der Waals surface area contributed by atoms with Crippen molar-refractivity contribution in [2.24, 2.45) is 0 Å². The van der Waals surface area contributed by atoms with Gasteiger partial charge in [-0.05, 0) is 110 Å². The predicted molar refractivity (Wildman–Crippen MR) is 269 cm³/mol. The number of aromatic nitrogens is 3. The Morgan fingerprint density at radius 3 is 1.80 bits per heavy atom. The van der Waals surface area contributed by atoms with E-state index in [1.807, 2.05) is 17.4 Å². The fourth-order valence-corrected chi connectivity index (χ4v) is 11.1. The molecule has 2 aromatic heterocycles. The number of hydrogen-bond donors (Lipinski definition) is 0. The van der Waals surface area contributed by atoms with Gasteiger partial charge in [-0.3, -0.25) is 0 Å². The van der Waals surface area contributed by atoms with Crippen molar-refractivity contribution in [3.05, 3.63) is 223 Å². The first-order valence-electron chi connectivity index (χ1n) is 22.1. The van der Waals surface area contributed by atoms with Crippen LogP contribution in [0.15, 0.2) is 200 Å². The van der Waals surface area contributed by atoms with Crippen molar-refractivity contribution < 1.29 is 0 Å². The smallest absolute Gasteiger partial charge is 0.164 e. The third-order valence-corrected chi connectivity index (χ3v) is 14.4. The molecule has 0 unspecified atom stereocenters. The maximum absolute atomic E-state index is 5.37. The van der Waals surface area contributed by atoms with Crippen molar-refractivity contribution in [3.63, 3.8) is 0 Å². The number of allylic oxidation sites excluding steroid dienone is 4. The number of benzene rings is 8. The van der Waals surface area contributed by atoms with Crippen LogP contribution >= 0.6 is 11.3 Å². The van der Waals surface area contributed by atoms with E-state index < -0.39 is 0 Å². The quantitative estimate of drug-likeness (QED) is 0.160. The molecular weight excluding hydrogens is 795 g/mol. The van der Waals surface area contributed by atoms with Gasteiger partial charge in [0.25, 0.3) is 0 Å². The third kappa shape index (κ3) is 6.53. The molecule has 304 valence electrons. The van der Waals surface area contributed by atoms with Crippen LogP contribution in [0, 0.1) is 0 Å². The molecule has 0 atom stereocenters. The normalized spacial score (nSPS) is 14.0. The van der Waals surface area contributed by atoms with E-state index in [4.69, 9.17) is 15.0 Å². The molecule has 3 nitrogen and oxygen atoms in total. The lowest BCUT2D eigenvalue weighted by atomic mass is 9.82. The molecule has 0 saturated carbocycles. The molecule has 0 radical (unpaired) electrons. The summed E-state index contributed by atoms with van der Waals surface area (Å²) in [6, 6.07) is 68.0. The van der Waals surface area contributed by atoms with Gasteiger partial charge in [0, 0.05) is 42.3 Å². The van der Waals surface area contributed by atoms with Gasteiger partial charge in [0.15, 0.2) is 17.5 Å². The van der Waals surface area contributed by atoms with Crippen molar-refractivity contribution in [1.82, 2.24) is 15.0 Å². The van der Waals surface area contributed by atoms with E-state index in [-0.39, 0.29) is 5.41 Å². The molecule has 0 fully saturated rings. The molecule has 10 aromatic rings. The van der Waals surface area contributed by atoms with Crippen LogP contribution in [0.3, 0.4) is 0 Å². The van der Waals surface area contributed by atoms with E-state index in [9.17, 15) is 0 Å². The maximum Gasteiger partial charge on any atom is 0.164 e. The summed E-state index contributed by atoms with van der Waals surface area (Å²) in [6.07, 6.45) is 6.33. The Bertz CT molecular complexity index is 3500. The highest BCUT2D eigenvalue weighted by atomic mass is 32.1. The topological polar surface area (TPSA) is 38.7 Å². The van der Waals surface area contributed by atoms with Gasteiger partial charge in [0.05, 0.1) is 0 Å². The lowest BCUT2D eigenvalue weighted by Crippen LogP contribution is -2.14. The highest BCUT2D eigenvalue weighted by molar-refractivity contribution is 7.25. The molecule has 2 aliphatic carbocycles. The average molecular weight is 838 g/mol. The summed E-state index contributed by atoms with van der Waals surface area (Å²) in [5.74, 6) is 2.06. The van der Waals surface area contributed by atoms with E-state index in [1.165, 1.54) is 81.4 Å². The van der Waals surface area contributed by atoms with Gasteiger partial charge in [-0.1, -0.05) is 184 Å². The summed E-state index contributed by atoms with van der Waals surface area (Å²) in [7, 11) is 0. The Balaban J connectivity index is 0.978. The SMILES string of the molecule is CC1(C)c2ccccc2-c2cc(-c3cccc(-c4nc(C5=C(c6cccc7sc8ccc(-c9ccc(-c%10ccccc%10)cc9)cc8c67)C=CCC5)nc(-c5ccccc5)n4)c3)ccc21. The van der Waals surface area contributed by atoms with Gasteiger partial charge in [-0.15, -0.1) is 11.3 Å². The first kappa shape index (κ1) is 38.2. The molecule has 0 N–H and O–H groups in total. The minimum atomic E-state index is -0.0375. The number of hydrogen-bond acceptors (Lipinski definition) is 4. The van der Waals surface area contributed by atoms with Gasteiger partial charge in [-0.2, -0.15) is 0 Å². The molecule has 64 heavy (non-hydrogen) atoms. The summed E-state index contributed by atoms with van der Waals surface area (Å²) in [6.45, 7) is 4.66. The number of fused-ring (bicyclic) bond motifs is 6. The van der Waals surface area contributed by atoms with Gasteiger partial charge in [0.2, 0.25) is 0 Å². The molecule has 8 aromatic carbocycles. The van der Waals surface area contributed by atoms with Crippen LogP contribution in [0.4, 0.5) is 0 Å². The summed E-state index contributed by atoms with van der Waals surface area (Å²) in [4.78, 5) is 15.8. The van der Waals surface area contributed by atoms with E-state index >= 15 is 0 Å². The van der Waals surface area contributed by atoms with E-state index in [1.54, 1.807) is 0 Å². The lowest BCUT2D eigenvalue weighted by molar-refractivity contribution is 0.660. The molecule has 0 bridgehead atoms. The zero-order chi connectivity index (χ0) is 42.8. The minimum absolute atomic E-state index is 0.0375. The van der Waals surface area contributed by atoms with E-state index in [0.717, 1.165) is 40.9 Å². The van der Waals surface area contributed by atoms with Crippen LogP contribution in [-0.4, -0.2) is 15.0 Å². The highest BCUT2D eigenvalue weighted by Crippen LogP contribution is 2.50. The zero-order valence-corrected chi connectivity index (χ0v) is 36.5. The van der Waals surface area contributed by atoms with Crippen LogP contribution in [-0.2, 0) is 5.41 Å². The zero-order valence-electron chi connectivity index (χ0n) is 35.7. The maximum atomic E-state index is 5.37. The van der Waals surface area contributed by atoms with Crippen LogP contribution < -0.4 is 0 Å². The molecule has 0 spiro atoms. The summed E-state index contributed by atoms with van der Waals surface area (Å²) >= 11 is 1.85. The Hall–Kier alpha value is -7.53. The summed E-state index contributed by atoms with van der Waals surface area (Å²) in [5.41, 5.74) is 17.9. The number of thiophene rings is 1. The van der Waals surface area contributed by atoms with Crippen molar-refractivity contribution in [3.8, 4) is 67.3 Å². The average Bonchev–Trinajstić information content (AvgIpc) is 3.85. The molecule has 4 heteroatoms. The molecular formula is C60H43N3S. The minimum Gasteiger partial charge on any atom is -0.208 e. The van der Waals surface area contributed by atoms with E-state index in [0.29, 0.717) is 11.6 Å². The van der Waals surface area contributed by atoms with Crippen molar-refractivity contribution in [2.45, 2.75) is 32.1 Å². The fraction of sp³-hybridized carbons (Fsp3) is 0.0833. The van der Waals surface area contributed by atoms with Crippen molar-refractivity contribution in [2.75, 3.05) is 0 Å². The highest BCUT2D eigenvalue weighted by Gasteiger charge is 2.35. The first-order valence-corrected chi connectivity index (χ1v) is 23.0. The summed E-state index contributed by atoms with van der Waals surface area (Å²) < 4.78 is 2.55. The molecule has 0 saturated heterocycles. The monoisotopic (exact) mass is 837 g/mol. The second kappa shape index (κ2) is 15.4. The molecule has 0 aliphatic heterocycles. The number of rotatable bonds is 7. The van der Waals surface area contributed by atoms with Crippen molar-refractivity contribution >= 4 is 42.7 Å². The second-order valence-corrected chi connectivity index (χ2v) is 18.5.